The highest BCUT2D eigenvalue weighted by molar-refractivity contribution is 6.31. The SMILES string of the molecule is CCCOc1cccc(Cl)c1Cn1cc(C)c(O)c(NC(=O)N[C@@H](CC(=O)O)c2cccc(OCC)c2)c1=O. The zero-order valence-corrected chi connectivity index (χ0v) is 22.7. The van der Waals surface area contributed by atoms with E-state index in [0.717, 1.165) is 6.42 Å². The van der Waals surface area contributed by atoms with Gasteiger partial charge < -0.3 is 34.9 Å². The van der Waals surface area contributed by atoms with Crippen LogP contribution < -0.4 is 25.7 Å². The highest BCUT2D eigenvalue weighted by Gasteiger charge is 2.22. The first-order chi connectivity index (χ1) is 18.6. The molecule has 0 radical (unpaired) electrons. The minimum atomic E-state index is -1.14. The predicted octanol–water partition coefficient (Wildman–Crippen LogP) is 5.09. The number of rotatable bonds is 12. The van der Waals surface area contributed by atoms with Gasteiger partial charge in [-0.05, 0) is 50.1 Å². The number of aliphatic carboxylic acids is 1. The van der Waals surface area contributed by atoms with E-state index >= 15 is 0 Å². The Morgan fingerprint density at radius 1 is 1.13 bits per heavy atom. The van der Waals surface area contributed by atoms with Crippen LogP contribution in [0.4, 0.5) is 10.5 Å². The molecule has 0 saturated carbocycles. The maximum atomic E-state index is 13.3. The zero-order chi connectivity index (χ0) is 28.5. The lowest BCUT2D eigenvalue weighted by Gasteiger charge is -2.20. The number of aryl methyl sites for hydroxylation is 1. The molecule has 0 aliphatic carbocycles. The molecule has 208 valence electrons. The molecule has 1 heterocycles. The number of ether oxygens (including phenoxy) is 2. The first kappa shape index (κ1) is 29.4. The Hall–Kier alpha value is -4.18. The largest absolute Gasteiger partial charge is 0.505 e. The molecule has 0 aliphatic heterocycles. The third-order valence-corrected chi connectivity index (χ3v) is 6.15. The highest BCUT2D eigenvalue weighted by atomic mass is 35.5. The van der Waals surface area contributed by atoms with Gasteiger partial charge in [-0.15, -0.1) is 0 Å². The summed E-state index contributed by atoms with van der Waals surface area (Å²) >= 11 is 6.41. The summed E-state index contributed by atoms with van der Waals surface area (Å²) in [4.78, 5) is 37.8. The number of carboxylic acids is 1. The Kier molecular flexibility index (Phi) is 10.2. The fourth-order valence-corrected chi connectivity index (χ4v) is 4.18. The number of pyridine rings is 1. The number of carbonyl (C=O) groups is 2. The number of hydrogen-bond acceptors (Lipinski definition) is 6. The summed E-state index contributed by atoms with van der Waals surface area (Å²) in [5, 5.41) is 25.4. The maximum Gasteiger partial charge on any atom is 0.319 e. The Labute approximate surface area is 231 Å². The van der Waals surface area contributed by atoms with Crippen LogP contribution in [0, 0.1) is 6.92 Å². The normalized spacial score (nSPS) is 11.5. The molecule has 10 nitrogen and oxygen atoms in total. The number of halogens is 1. The molecule has 0 saturated heterocycles. The summed E-state index contributed by atoms with van der Waals surface area (Å²) < 4.78 is 12.6. The minimum Gasteiger partial charge on any atom is -0.505 e. The second-order valence-electron chi connectivity index (χ2n) is 8.79. The number of aromatic hydroxyl groups is 1. The average molecular weight is 558 g/mol. The second-order valence-corrected chi connectivity index (χ2v) is 9.20. The van der Waals surface area contributed by atoms with Crippen molar-refractivity contribution in [1.29, 1.82) is 0 Å². The monoisotopic (exact) mass is 557 g/mol. The van der Waals surface area contributed by atoms with E-state index in [1.807, 2.05) is 13.8 Å². The number of carbonyl (C=O) groups excluding carboxylic acids is 1. The van der Waals surface area contributed by atoms with Crippen molar-refractivity contribution >= 4 is 29.3 Å². The molecular weight excluding hydrogens is 526 g/mol. The number of carboxylic acid groups (broad SMARTS) is 1. The van der Waals surface area contributed by atoms with Crippen LogP contribution in [-0.2, 0) is 11.3 Å². The fraction of sp³-hybridized carbons (Fsp3) is 0.321. The van der Waals surface area contributed by atoms with Crippen molar-refractivity contribution < 1.29 is 29.3 Å². The summed E-state index contributed by atoms with van der Waals surface area (Å²) in [5.74, 6) is -0.487. The van der Waals surface area contributed by atoms with Crippen molar-refractivity contribution in [2.75, 3.05) is 18.5 Å². The van der Waals surface area contributed by atoms with Crippen molar-refractivity contribution in [1.82, 2.24) is 9.88 Å². The molecule has 0 aliphatic rings. The van der Waals surface area contributed by atoms with E-state index in [0.29, 0.717) is 46.4 Å². The van der Waals surface area contributed by atoms with Gasteiger partial charge >= 0.3 is 12.0 Å². The van der Waals surface area contributed by atoms with Crippen LogP contribution >= 0.6 is 11.6 Å². The number of hydrogen-bond donors (Lipinski definition) is 4. The zero-order valence-electron chi connectivity index (χ0n) is 22.0. The van der Waals surface area contributed by atoms with Gasteiger partial charge in [0.15, 0.2) is 5.69 Å². The van der Waals surface area contributed by atoms with Gasteiger partial charge in [0, 0.05) is 22.3 Å². The smallest absolute Gasteiger partial charge is 0.319 e. The summed E-state index contributed by atoms with van der Waals surface area (Å²) in [6.07, 6.45) is 1.83. The topological polar surface area (TPSA) is 139 Å². The lowest BCUT2D eigenvalue weighted by Crippen LogP contribution is -2.36. The third kappa shape index (κ3) is 7.67. The molecule has 1 aromatic heterocycles. The van der Waals surface area contributed by atoms with Crippen LogP contribution in [0.25, 0.3) is 0 Å². The molecule has 2 amide bonds. The molecule has 0 bridgehead atoms. The molecule has 3 rings (SSSR count). The van der Waals surface area contributed by atoms with Gasteiger partial charge in [0.1, 0.15) is 17.2 Å². The number of anilines is 1. The number of amides is 2. The van der Waals surface area contributed by atoms with Gasteiger partial charge in [0.2, 0.25) is 0 Å². The minimum absolute atomic E-state index is 0.0286. The number of urea groups is 1. The molecule has 2 aromatic carbocycles. The van der Waals surface area contributed by atoms with Gasteiger partial charge in [-0.2, -0.15) is 0 Å². The van der Waals surface area contributed by atoms with Gasteiger partial charge in [0.25, 0.3) is 5.56 Å². The Balaban J connectivity index is 1.89. The standard InChI is InChI=1S/C28H32ClN3O7/c1-4-12-39-23-11-7-10-21(29)20(23)16-32-15-17(3)26(35)25(27(32)36)31-28(37)30-22(14-24(33)34)18-8-6-9-19(13-18)38-5-2/h6-11,13,15,22,35H,4-5,12,14,16H2,1-3H3,(H,33,34)(H2,30,31,37)/t22-/m0/s1. The van der Waals surface area contributed by atoms with Gasteiger partial charge in [-0.1, -0.05) is 36.7 Å². The molecular formula is C28H32ClN3O7. The first-order valence-electron chi connectivity index (χ1n) is 12.5. The summed E-state index contributed by atoms with van der Waals surface area (Å²) in [5.41, 5.74) is 0.378. The summed E-state index contributed by atoms with van der Waals surface area (Å²) in [7, 11) is 0. The Bertz CT molecular complexity index is 1390. The first-order valence-corrected chi connectivity index (χ1v) is 12.9. The number of aromatic nitrogens is 1. The van der Waals surface area contributed by atoms with Crippen molar-refractivity contribution in [3.05, 3.63) is 80.7 Å². The lowest BCUT2D eigenvalue weighted by molar-refractivity contribution is -0.137. The quantitative estimate of drug-likeness (QED) is 0.243. The third-order valence-electron chi connectivity index (χ3n) is 5.79. The molecule has 1 atom stereocenters. The maximum absolute atomic E-state index is 13.3. The van der Waals surface area contributed by atoms with Crippen LogP contribution in [0.1, 0.15) is 49.4 Å². The van der Waals surface area contributed by atoms with Crippen molar-refractivity contribution in [3.63, 3.8) is 0 Å². The van der Waals surface area contributed by atoms with E-state index in [2.05, 4.69) is 10.6 Å². The molecule has 0 fully saturated rings. The van der Waals surface area contributed by atoms with E-state index in [-0.39, 0.29) is 12.2 Å². The number of nitrogens with zero attached hydrogens (tertiary/aromatic N) is 1. The Morgan fingerprint density at radius 2 is 1.87 bits per heavy atom. The molecule has 39 heavy (non-hydrogen) atoms. The van der Waals surface area contributed by atoms with Crippen molar-refractivity contribution in [2.45, 2.75) is 46.2 Å². The average Bonchev–Trinajstić information content (AvgIpc) is 2.89. The molecule has 3 aromatic rings. The van der Waals surface area contributed by atoms with E-state index in [1.165, 1.54) is 10.8 Å². The molecule has 0 spiro atoms. The van der Waals surface area contributed by atoms with E-state index in [1.54, 1.807) is 49.4 Å². The number of benzene rings is 2. The van der Waals surface area contributed by atoms with E-state index in [4.69, 9.17) is 21.1 Å². The van der Waals surface area contributed by atoms with Crippen LogP contribution in [0.5, 0.6) is 17.2 Å². The highest BCUT2D eigenvalue weighted by Crippen LogP contribution is 2.29. The van der Waals surface area contributed by atoms with Gasteiger partial charge in [-0.3, -0.25) is 9.59 Å². The van der Waals surface area contributed by atoms with Crippen molar-refractivity contribution in [2.24, 2.45) is 0 Å². The second kappa shape index (κ2) is 13.6. The van der Waals surface area contributed by atoms with Crippen molar-refractivity contribution in [3.8, 4) is 17.2 Å². The lowest BCUT2D eigenvalue weighted by atomic mass is 10.0. The van der Waals surface area contributed by atoms with Gasteiger partial charge in [-0.25, -0.2) is 4.79 Å². The summed E-state index contributed by atoms with van der Waals surface area (Å²) in [6.45, 7) is 6.29. The number of nitrogens with one attached hydrogen (secondary N) is 2. The van der Waals surface area contributed by atoms with Crippen LogP contribution in [-0.4, -0.2) is 40.0 Å². The summed E-state index contributed by atoms with van der Waals surface area (Å²) in [6, 6.07) is 10.1. The van der Waals surface area contributed by atoms with Crippen LogP contribution in [0.3, 0.4) is 0 Å². The molecule has 4 N–H and O–H groups in total. The fourth-order valence-electron chi connectivity index (χ4n) is 3.96. The molecule has 0 unspecified atom stereocenters. The van der Waals surface area contributed by atoms with E-state index in [9.17, 15) is 24.6 Å². The molecule has 11 heteroatoms. The predicted molar refractivity (Wildman–Crippen MR) is 148 cm³/mol. The van der Waals surface area contributed by atoms with E-state index < -0.39 is 35.8 Å². The van der Waals surface area contributed by atoms with Crippen LogP contribution in [0.2, 0.25) is 5.02 Å². The van der Waals surface area contributed by atoms with Gasteiger partial charge in [0.05, 0.1) is 32.2 Å². The van der Waals surface area contributed by atoms with Crippen LogP contribution in [0.15, 0.2) is 53.5 Å². The Morgan fingerprint density at radius 3 is 2.56 bits per heavy atom.